The molecule has 5 nitrogen and oxygen atoms in total. The van der Waals surface area contributed by atoms with E-state index in [1.165, 1.54) is 12.0 Å². The third-order valence-corrected chi connectivity index (χ3v) is 7.57. The van der Waals surface area contributed by atoms with Crippen molar-refractivity contribution in [3.05, 3.63) is 71.8 Å². The standard InChI is InChI=1S/C26H29NO4/c28-22(16-27-24(29)19-7-3-1-4-8-19)25(30)31-23-20-12-17-11-18(13-20)15-26(23,14-17)21-9-5-2-6-10-21/h1-10,17-18,20,22-23,28H,11-16H2,(H,27,29)/t17?,18?,20?,22?,23-,26?/m1/s1. The molecule has 1 amide bonds. The second-order valence-corrected chi connectivity index (χ2v) is 9.58. The summed E-state index contributed by atoms with van der Waals surface area (Å²) >= 11 is 0. The van der Waals surface area contributed by atoms with Crippen molar-refractivity contribution >= 4 is 11.9 Å². The average Bonchev–Trinajstić information content (AvgIpc) is 2.80. The summed E-state index contributed by atoms with van der Waals surface area (Å²) in [5.41, 5.74) is 1.59. The molecule has 4 atom stereocenters. The first-order valence-electron chi connectivity index (χ1n) is 11.3. The SMILES string of the molecule is O=C(NCC(O)C(=O)O[C@@H]1C2CC3CC(C2)CC1(c1ccccc1)C3)c1ccccc1. The molecule has 6 rings (SSSR count). The van der Waals surface area contributed by atoms with Crippen LogP contribution < -0.4 is 5.32 Å². The number of carbonyl (C=O) groups is 2. The van der Waals surface area contributed by atoms with Crippen LogP contribution in [0.1, 0.15) is 48.0 Å². The van der Waals surface area contributed by atoms with E-state index >= 15 is 0 Å². The van der Waals surface area contributed by atoms with E-state index < -0.39 is 12.1 Å². The first-order valence-corrected chi connectivity index (χ1v) is 11.3. The van der Waals surface area contributed by atoms with Gasteiger partial charge in [0.25, 0.3) is 5.91 Å². The normalized spacial score (nSPS) is 31.8. The summed E-state index contributed by atoms with van der Waals surface area (Å²) < 4.78 is 6.04. The number of esters is 1. The molecule has 4 aliphatic carbocycles. The van der Waals surface area contributed by atoms with Crippen LogP contribution in [0.4, 0.5) is 0 Å². The molecule has 0 spiro atoms. The quantitative estimate of drug-likeness (QED) is 0.703. The maximum Gasteiger partial charge on any atom is 0.337 e. The van der Waals surface area contributed by atoms with Gasteiger partial charge in [0.2, 0.25) is 0 Å². The van der Waals surface area contributed by atoms with Crippen molar-refractivity contribution in [2.45, 2.75) is 49.7 Å². The highest BCUT2D eigenvalue weighted by Gasteiger charge is 2.59. The molecule has 31 heavy (non-hydrogen) atoms. The van der Waals surface area contributed by atoms with E-state index in [0.717, 1.165) is 25.7 Å². The number of nitrogens with one attached hydrogen (secondary N) is 1. The Bertz CT molecular complexity index is 930. The van der Waals surface area contributed by atoms with E-state index in [1.54, 1.807) is 24.3 Å². The minimum Gasteiger partial charge on any atom is -0.459 e. The third-order valence-electron chi connectivity index (χ3n) is 7.57. The molecule has 2 aromatic carbocycles. The van der Waals surface area contributed by atoms with Crippen LogP contribution in [0.15, 0.2) is 60.7 Å². The molecule has 162 valence electrons. The van der Waals surface area contributed by atoms with Gasteiger partial charge in [0.1, 0.15) is 6.10 Å². The fraction of sp³-hybridized carbons (Fsp3) is 0.462. The maximum absolute atomic E-state index is 12.8. The second kappa shape index (κ2) is 8.12. The lowest BCUT2D eigenvalue weighted by Crippen LogP contribution is -2.60. The van der Waals surface area contributed by atoms with E-state index in [4.69, 9.17) is 4.74 Å². The van der Waals surface area contributed by atoms with Gasteiger partial charge in [-0.25, -0.2) is 4.79 Å². The van der Waals surface area contributed by atoms with Gasteiger partial charge in [-0.05, 0) is 67.6 Å². The summed E-state index contributed by atoms with van der Waals surface area (Å²) in [6, 6.07) is 19.2. The Morgan fingerprint density at radius 1 is 0.968 bits per heavy atom. The first kappa shape index (κ1) is 20.3. The topological polar surface area (TPSA) is 75.6 Å². The molecule has 2 aromatic rings. The molecule has 0 radical (unpaired) electrons. The van der Waals surface area contributed by atoms with Crippen LogP contribution in [0.2, 0.25) is 0 Å². The summed E-state index contributed by atoms with van der Waals surface area (Å²) in [6.45, 7) is -0.159. The van der Waals surface area contributed by atoms with Crippen LogP contribution in [-0.4, -0.2) is 35.7 Å². The van der Waals surface area contributed by atoms with Gasteiger partial charge < -0.3 is 15.2 Å². The van der Waals surface area contributed by atoms with Gasteiger partial charge >= 0.3 is 5.97 Å². The summed E-state index contributed by atoms with van der Waals surface area (Å²) in [5.74, 6) is 0.788. The molecule has 2 N–H and O–H groups in total. The zero-order chi connectivity index (χ0) is 21.4. The Kier molecular flexibility index (Phi) is 5.30. The van der Waals surface area contributed by atoms with Gasteiger partial charge in [-0.15, -0.1) is 0 Å². The highest BCUT2D eigenvalue weighted by Crippen LogP contribution is 2.61. The van der Waals surface area contributed by atoms with Crippen LogP contribution in [0.3, 0.4) is 0 Å². The van der Waals surface area contributed by atoms with Crippen molar-refractivity contribution in [1.29, 1.82) is 0 Å². The van der Waals surface area contributed by atoms with Crippen molar-refractivity contribution in [2.75, 3.05) is 6.54 Å². The summed E-state index contributed by atoms with van der Waals surface area (Å²) in [6.07, 6.45) is 3.99. The minimum atomic E-state index is -1.38. The Morgan fingerprint density at radius 3 is 2.23 bits per heavy atom. The molecular weight excluding hydrogens is 390 g/mol. The van der Waals surface area contributed by atoms with Gasteiger partial charge in [-0.3, -0.25) is 4.79 Å². The number of ether oxygens (including phenoxy) is 1. The summed E-state index contributed by atoms with van der Waals surface area (Å²) in [7, 11) is 0. The zero-order valence-corrected chi connectivity index (χ0v) is 17.6. The number of rotatable bonds is 6. The Balaban J connectivity index is 1.29. The Morgan fingerprint density at radius 2 is 1.58 bits per heavy atom. The fourth-order valence-corrected chi connectivity index (χ4v) is 6.54. The predicted molar refractivity (Wildman–Crippen MR) is 116 cm³/mol. The number of hydrogen-bond donors (Lipinski definition) is 2. The van der Waals surface area contributed by atoms with Crippen LogP contribution in [-0.2, 0) is 14.9 Å². The molecule has 0 aliphatic heterocycles. The molecule has 0 heterocycles. The second-order valence-electron chi connectivity index (χ2n) is 9.58. The van der Waals surface area contributed by atoms with Gasteiger partial charge in [0, 0.05) is 11.0 Å². The maximum atomic E-state index is 12.8. The van der Waals surface area contributed by atoms with Crippen LogP contribution in [0.5, 0.6) is 0 Å². The fourth-order valence-electron chi connectivity index (χ4n) is 6.54. The summed E-state index contributed by atoms with van der Waals surface area (Å²) in [4.78, 5) is 25.1. The highest BCUT2D eigenvalue weighted by molar-refractivity contribution is 5.94. The lowest BCUT2D eigenvalue weighted by Gasteiger charge is -2.60. The third kappa shape index (κ3) is 3.76. The summed E-state index contributed by atoms with van der Waals surface area (Å²) in [5, 5.41) is 13.1. The number of carbonyl (C=O) groups excluding carboxylic acids is 2. The van der Waals surface area contributed by atoms with E-state index in [0.29, 0.717) is 23.3 Å². The first-order chi connectivity index (χ1) is 15.0. The smallest absolute Gasteiger partial charge is 0.337 e. The highest BCUT2D eigenvalue weighted by atomic mass is 16.6. The van der Waals surface area contributed by atoms with Gasteiger partial charge in [0.15, 0.2) is 6.10 Å². The van der Waals surface area contributed by atoms with E-state index in [-0.39, 0.29) is 24.0 Å². The van der Waals surface area contributed by atoms with Crippen molar-refractivity contribution in [3.63, 3.8) is 0 Å². The van der Waals surface area contributed by atoms with Crippen molar-refractivity contribution in [3.8, 4) is 0 Å². The number of aliphatic hydroxyl groups is 1. The molecule has 0 saturated heterocycles. The van der Waals surface area contributed by atoms with E-state index in [1.807, 2.05) is 12.1 Å². The van der Waals surface area contributed by atoms with Crippen molar-refractivity contribution in [1.82, 2.24) is 5.32 Å². The molecular formula is C26H29NO4. The van der Waals surface area contributed by atoms with Crippen molar-refractivity contribution in [2.24, 2.45) is 17.8 Å². The van der Waals surface area contributed by atoms with Crippen molar-refractivity contribution < 1.29 is 19.4 Å². The largest absolute Gasteiger partial charge is 0.459 e. The van der Waals surface area contributed by atoms with Crippen LogP contribution >= 0.6 is 0 Å². The van der Waals surface area contributed by atoms with E-state index in [2.05, 4.69) is 29.6 Å². The van der Waals surface area contributed by atoms with Gasteiger partial charge in [-0.2, -0.15) is 0 Å². The van der Waals surface area contributed by atoms with Crippen LogP contribution in [0.25, 0.3) is 0 Å². The Hall–Kier alpha value is -2.66. The molecule has 3 unspecified atom stereocenters. The zero-order valence-electron chi connectivity index (χ0n) is 17.6. The number of benzene rings is 2. The molecule has 0 aromatic heterocycles. The Labute approximate surface area is 182 Å². The van der Waals surface area contributed by atoms with Crippen LogP contribution in [0, 0.1) is 17.8 Å². The lowest BCUT2D eigenvalue weighted by atomic mass is 9.46. The van der Waals surface area contributed by atoms with E-state index in [9.17, 15) is 14.7 Å². The van der Waals surface area contributed by atoms with Gasteiger partial charge in [-0.1, -0.05) is 48.5 Å². The molecule has 4 bridgehead atoms. The number of hydrogen-bond acceptors (Lipinski definition) is 4. The molecule has 4 fully saturated rings. The molecule has 4 saturated carbocycles. The minimum absolute atomic E-state index is 0.154. The number of aliphatic hydroxyl groups excluding tert-OH is 1. The van der Waals surface area contributed by atoms with Gasteiger partial charge in [0.05, 0.1) is 6.54 Å². The number of amides is 1. The average molecular weight is 420 g/mol. The predicted octanol–water partition coefficient (Wildman–Crippen LogP) is 3.47. The molecule has 5 heteroatoms. The molecule has 4 aliphatic rings. The lowest BCUT2D eigenvalue weighted by molar-refractivity contribution is -0.185. The monoisotopic (exact) mass is 419 g/mol.